The summed E-state index contributed by atoms with van der Waals surface area (Å²) in [6.07, 6.45) is 0. The van der Waals surface area contributed by atoms with Crippen LogP contribution in [-0.2, 0) is 0 Å². The molecule has 0 aliphatic carbocycles. The first-order valence-corrected chi connectivity index (χ1v) is 5.32. The molecule has 0 fully saturated rings. The predicted octanol–water partition coefficient (Wildman–Crippen LogP) is 2.42. The smallest absolute Gasteiger partial charge is 0.355 e. The Bertz CT molecular complexity index is 380. The molecule has 0 aromatic carbocycles. The van der Waals surface area contributed by atoms with Crippen LogP contribution in [0.1, 0.15) is 9.67 Å². The van der Waals surface area contributed by atoms with E-state index >= 15 is 0 Å². The lowest BCUT2D eigenvalue weighted by molar-refractivity contribution is 0.0734. The van der Waals surface area contributed by atoms with Crippen molar-refractivity contribution in [3.05, 3.63) is 33.3 Å². The number of nitrogens with zero attached hydrogens (tertiary/aromatic N) is 1. The number of hydrogen-bond acceptors (Lipinski definition) is 5. The van der Waals surface area contributed by atoms with Gasteiger partial charge in [0.05, 0.1) is 10.9 Å². The van der Waals surface area contributed by atoms with Crippen LogP contribution in [0.5, 0.6) is 5.88 Å². The Balaban J connectivity index is 2.08. The fourth-order valence-corrected chi connectivity index (χ4v) is 1.84. The van der Waals surface area contributed by atoms with Crippen LogP contribution < -0.4 is 4.74 Å². The Labute approximate surface area is 82.6 Å². The summed E-state index contributed by atoms with van der Waals surface area (Å²) in [5, 5.41) is 3.52. The highest BCUT2D eigenvalue weighted by molar-refractivity contribution is 7.12. The summed E-state index contributed by atoms with van der Waals surface area (Å²) in [5.41, 5.74) is 1.62. The molecule has 0 amide bonds. The second-order valence-electron chi connectivity index (χ2n) is 2.19. The van der Waals surface area contributed by atoms with Crippen molar-refractivity contribution in [3.63, 3.8) is 0 Å². The zero-order valence-electron chi connectivity index (χ0n) is 6.47. The Hall–Kier alpha value is -1.20. The number of hydrogen-bond donors (Lipinski definition) is 0. The molecule has 66 valence electrons. The number of esters is 1. The van der Waals surface area contributed by atoms with Gasteiger partial charge in [-0.3, -0.25) is 0 Å². The standard InChI is InChI=1S/C8H5NO2S2/c10-8(6-2-1-3-13-6)11-7-4-12-5-9-7/h1-5H. The maximum absolute atomic E-state index is 11.3. The van der Waals surface area contributed by atoms with E-state index in [0.717, 1.165) is 0 Å². The molecule has 0 aliphatic heterocycles. The van der Waals surface area contributed by atoms with Crippen molar-refractivity contribution in [1.29, 1.82) is 0 Å². The molecule has 0 atom stereocenters. The minimum atomic E-state index is -0.346. The summed E-state index contributed by atoms with van der Waals surface area (Å²) in [6.45, 7) is 0. The number of thiazole rings is 1. The van der Waals surface area contributed by atoms with Crippen molar-refractivity contribution in [2.45, 2.75) is 0 Å². The van der Waals surface area contributed by atoms with Gasteiger partial charge in [-0.15, -0.1) is 22.7 Å². The van der Waals surface area contributed by atoms with Crippen LogP contribution in [-0.4, -0.2) is 11.0 Å². The third kappa shape index (κ3) is 1.93. The number of rotatable bonds is 2. The van der Waals surface area contributed by atoms with Gasteiger partial charge in [0, 0.05) is 0 Å². The first-order valence-electron chi connectivity index (χ1n) is 3.50. The van der Waals surface area contributed by atoms with E-state index in [2.05, 4.69) is 4.98 Å². The molecule has 2 heterocycles. The molecule has 0 saturated heterocycles. The average Bonchev–Trinajstić information content (AvgIpc) is 2.74. The summed E-state index contributed by atoms with van der Waals surface area (Å²) in [4.78, 5) is 15.8. The third-order valence-electron chi connectivity index (χ3n) is 1.33. The van der Waals surface area contributed by atoms with Gasteiger partial charge in [-0.2, -0.15) is 0 Å². The fourth-order valence-electron chi connectivity index (χ4n) is 0.792. The molecule has 0 N–H and O–H groups in total. The second-order valence-corrected chi connectivity index (χ2v) is 3.86. The van der Waals surface area contributed by atoms with Crippen LogP contribution in [0.3, 0.4) is 0 Å². The summed E-state index contributed by atoms with van der Waals surface area (Å²) in [5.74, 6) is 0.0179. The van der Waals surface area contributed by atoms with Crippen LogP contribution in [0.2, 0.25) is 0 Å². The van der Waals surface area contributed by atoms with Gasteiger partial charge in [-0.05, 0) is 11.4 Å². The Morgan fingerprint density at radius 2 is 2.46 bits per heavy atom. The lowest BCUT2D eigenvalue weighted by atomic mass is 10.5. The van der Waals surface area contributed by atoms with E-state index in [1.165, 1.54) is 22.7 Å². The van der Waals surface area contributed by atoms with Crippen LogP contribution in [0, 0.1) is 0 Å². The van der Waals surface area contributed by atoms with Gasteiger partial charge in [-0.1, -0.05) is 6.07 Å². The first kappa shape index (κ1) is 8.40. The molecule has 0 unspecified atom stereocenters. The summed E-state index contributed by atoms with van der Waals surface area (Å²) < 4.78 is 4.97. The molecule has 0 aliphatic rings. The van der Waals surface area contributed by atoms with E-state index in [0.29, 0.717) is 10.8 Å². The van der Waals surface area contributed by atoms with Crippen LogP contribution in [0.4, 0.5) is 0 Å². The van der Waals surface area contributed by atoms with Crippen molar-refractivity contribution in [1.82, 2.24) is 4.98 Å². The maximum Gasteiger partial charge on any atom is 0.355 e. The van der Waals surface area contributed by atoms with Crippen molar-refractivity contribution in [2.24, 2.45) is 0 Å². The van der Waals surface area contributed by atoms with E-state index in [1.807, 2.05) is 11.4 Å². The minimum Gasteiger partial charge on any atom is -0.402 e. The van der Waals surface area contributed by atoms with Crippen molar-refractivity contribution >= 4 is 28.6 Å². The normalized spacial score (nSPS) is 9.85. The van der Waals surface area contributed by atoms with E-state index < -0.39 is 0 Å². The van der Waals surface area contributed by atoms with Gasteiger partial charge < -0.3 is 4.74 Å². The van der Waals surface area contributed by atoms with Gasteiger partial charge in [0.2, 0.25) is 5.88 Å². The van der Waals surface area contributed by atoms with E-state index in [4.69, 9.17) is 4.74 Å². The van der Waals surface area contributed by atoms with Crippen LogP contribution in [0.25, 0.3) is 0 Å². The molecule has 0 bridgehead atoms. The number of carbonyl (C=O) groups is 1. The third-order valence-corrected chi connectivity index (χ3v) is 2.74. The number of ether oxygens (including phenoxy) is 1. The lowest BCUT2D eigenvalue weighted by Crippen LogP contribution is -2.06. The highest BCUT2D eigenvalue weighted by Crippen LogP contribution is 2.14. The highest BCUT2D eigenvalue weighted by atomic mass is 32.1. The molecule has 2 rings (SSSR count). The Kier molecular flexibility index (Phi) is 2.37. The number of thiophene rings is 1. The van der Waals surface area contributed by atoms with Crippen LogP contribution in [0.15, 0.2) is 28.4 Å². The molecule has 5 heteroatoms. The molecular formula is C8H5NO2S2. The van der Waals surface area contributed by atoms with Gasteiger partial charge in [0.15, 0.2) is 0 Å². The van der Waals surface area contributed by atoms with Gasteiger partial charge in [-0.25, -0.2) is 9.78 Å². The first-order chi connectivity index (χ1) is 6.36. The largest absolute Gasteiger partial charge is 0.402 e. The van der Waals surface area contributed by atoms with Gasteiger partial charge in [0.25, 0.3) is 0 Å². The molecule has 0 radical (unpaired) electrons. The molecule has 13 heavy (non-hydrogen) atoms. The average molecular weight is 211 g/mol. The maximum atomic E-state index is 11.3. The molecular weight excluding hydrogens is 206 g/mol. The molecule has 0 spiro atoms. The summed E-state index contributed by atoms with van der Waals surface area (Å²) >= 11 is 2.75. The highest BCUT2D eigenvalue weighted by Gasteiger charge is 2.09. The van der Waals surface area contributed by atoms with Gasteiger partial charge in [0.1, 0.15) is 4.88 Å². The fraction of sp³-hybridized carbons (Fsp3) is 0. The number of carbonyl (C=O) groups excluding carboxylic acids is 1. The summed E-state index contributed by atoms with van der Waals surface area (Å²) in [6, 6.07) is 3.53. The monoisotopic (exact) mass is 211 g/mol. The SMILES string of the molecule is O=C(Oc1cscn1)c1cccs1. The predicted molar refractivity (Wildman–Crippen MR) is 51.4 cm³/mol. The van der Waals surface area contributed by atoms with Crippen molar-refractivity contribution < 1.29 is 9.53 Å². The zero-order chi connectivity index (χ0) is 9.10. The minimum absolute atomic E-state index is 0.346. The molecule has 2 aromatic rings. The topological polar surface area (TPSA) is 39.2 Å². The molecule has 3 nitrogen and oxygen atoms in total. The van der Waals surface area contributed by atoms with Crippen LogP contribution >= 0.6 is 22.7 Å². The van der Waals surface area contributed by atoms with E-state index in [-0.39, 0.29) is 5.97 Å². The molecule has 2 aromatic heterocycles. The lowest BCUT2D eigenvalue weighted by Gasteiger charge is -1.95. The Morgan fingerprint density at radius 1 is 1.54 bits per heavy atom. The number of aromatic nitrogens is 1. The quantitative estimate of drug-likeness (QED) is 0.716. The molecule has 0 saturated carbocycles. The van der Waals surface area contributed by atoms with E-state index in [9.17, 15) is 4.79 Å². The van der Waals surface area contributed by atoms with Gasteiger partial charge >= 0.3 is 5.97 Å². The second kappa shape index (κ2) is 3.68. The van der Waals surface area contributed by atoms with Crippen molar-refractivity contribution in [3.8, 4) is 5.88 Å². The zero-order valence-corrected chi connectivity index (χ0v) is 8.10. The summed E-state index contributed by atoms with van der Waals surface area (Å²) in [7, 11) is 0. The van der Waals surface area contributed by atoms with Crippen molar-refractivity contribution in [2.75, 3.05) is 0 Å². The Morgan fingerprint density at radius 3 is 3.08 bits per heavy atom. The van der Waals surface area contributed by atoms with E-state index in [1.54, 1.807) is 17.0 Å².